The Morgan fingerprint density at radius 2 is 2.17 bits per heavy atom. The van der Waals surface area contributed by atoms with Gasteiger partial charge in [-0.15, -0.1) is 0 Å². The van der Waals surface area contributed by atoms with Crippen molar-refractivity contribution in [3.05, 3.63) is 53.1 Å². The second kappa shape index (κ2) is 5.83. The Morgan fingerprint density at radius 1 is 1.33 bits per heavy atom. The monoisotopic (exact) mass is 265 g/mol. The quantitative estimate of drug-likeness (QED) is 0.805. The van der Waals surface area contributed by atoms with E-state index in [2.05, 4.69) is 4.98 Å². The summed E-state index contributed by atoms with van der Waals surface area (Å²) in [6.45, 7) is 2.00. The first-order chi connectivity index (χ1) is 8.72. The maximum absolute atomic E-state index is 14.2. The molecule has 2 rings (SSSR count). The Hall–Kier alpha value is -1.61. The summed E-state index contributed by atoms with van der Waals surface area (Å²) < 4.78 is 19.6. The fraction of sp³-hybridized carbons (Fsp3) is 0.214. The number of hydrogen-bond acceptors (Lipinski definition) is 2. The lowest BCUT2D eigenvalue weighted by Gasteiger charge is -2.11. The number of nitrogens with zero attached hydrogens (tertiary/aromatic N) is 1. The van der Waals surface area contributed by atoms with Crippen molar-refractivity contribution in [1.29, 1.82) is 0 Å². The molecule has 0 N–H and O–H groups in total. The van der Waals surface area contributed by atoms with Crippen molar-refractivity contribution in [2.45, 2.75) is 19.8 Å². The molecule has 0 aliphatic rings. The molecule has 0 saturated heterocycles. The van der Waals surface area contributed by atoms with Crippen LogP contribution in [0.1, 0.15) is 18.9 Å². The second-order valence-electron chi connectivity index (χ2n) is 3.89. The van der Waals surface area contributed by atoms with Crippen molar-refractivity contribution in [2.24, 2.45) is 0 Å². The number of aromatic nitrogens is 1. The van der Waals surface area contributed by atoms with Crippen LogP contribution in [0, 0.1) is 5.82 Å². The molecule has 2 aromatic rings. The Labute approximate surface area is 110 Å². The summed E-state index contributed by atoms with van der Waals surface area (Å²) in [6, 6.07) is 6.77. The van der Waals surface area contributed by atoms with Crippen LogP contribution in [0.2, 0.25) is 5.02 Å². The van der Waals surface area contributed by atoms with Crippen LogP contribution in [0.15, 0.2) is 36.7 Å². The fourth-order valence-electron chi connectivity index (χ4n) is 1.65. The van der Waals surface area contributed by atoms with E-state index in [0.29, 0.717) is 17.7 Å². The second-order valence-corrected chi connectivity index (χ2v) is 4.30. The predicted octanol–water partition coefficient (Wildman–Crippen LogP) is 4.62. The van der Waals surface area contributed by atoms with Gasteiger partial charge in [-0.2, -0.15) is 0 Å². The van der Waals surface area contributed by atoms with Crippen molar-refractivity contribution in [3.8, 4) is 11.5 Å². The van der Waals surface area contributed by atoms with Gasteiger partial charge in [0, 0.05) is 6.20 Å². The molecule has 0 atom stereocenters. The highest BCUT2D eigenvalue weighted by Gasteiger charge is 2.14. The third-order valence-corrected chi connectivity index (χ3v) is 2.80. The van der Waals surface area contributed by atoms with E-state index < -0.39 is 5.82 Å². The van der Waals surface area contributed by atoms with Gasteiger partial charge in [-0.1, -0.05) is 31.0 Å². The van der Waals surface area contributed by atoms with Crippen LogP contribution in [0.5, 0.6) is 11.5 Å². The summed E-state index contributed by atoms with van der Waals surface area (Å²) in [4.78, 5) is 3.91. The van der Waals surface area contributed by atoms with Gasteiger partial charge in [0.2, 0.25) is 0 Å². The highest BCUT2D eigenvalue weighted by molar-refractivity contribution is 6.32. The predicted molar refractivity (Wildman–Crippen MR) is 69.7 cm³/mol. The molecule has 0 aliphatic carbocycles. The van der Waals surface area contributed by atoms with Crippen LogP contribution < -0.4 is 4.74 Å². The molecule has 0 aliphatic heterocycles. The van der Waals surface area contributed by atoms with E-state index in [1.54, 1.807) is 30.5 Å². The minimum Gasteiger partial charge on any atom is -0.451 e. The molecular weight excluding hydrogens is 253 g/mol. The lowest BCUT2D eigenvalue weighted by molar-refractivity contribution is 0.437. The maximum Gasteiger partial charge on any atom is 0.181 e. The zero-order valence-corrected chi connectivity index (χ0v) is 10.7. The standard InChI is InChI=1S/C14H13ClFNO/c1-2-4-10-6-7-12(15)14(13(10)16)18-11-5-3-8-17-9-11/h3,5-9H,2,4H2,1H3. The Bertz CT molecular complexity index is 531. The van der Waals surface area contributed by atoms with Crippen molar-refractivity contribution >= 4 is 11.6 Å². The highest BCUT2D eigenvalue weighted by Crippen LogP contribution is 2.33. The molecule has 0 unspecified atom stereocenters. The van der Waals surface area contributed by atoms with E-state index in [4.69, 9.17) is 16.3 Å². The normalized spacial score (nSPS) is 10.4. The highest BCUT2D eigenvalue weighted by atomic mass is 35.5. The summed E-state index contributed by atoms with van der Waals surface area (Å²) in [7, 11) is 0. The number of aryl methyl sites for hydroxylation is 1. The van der Waals surface area contributed by atoms with E-state index in [-0.39, 0.29) is 10.8 Å². The third kappa shape index (κ3) is 2.79. The van der Waals surface area contributed by atoms with Gasteiger partial charge in [-0.05, 0) is 30.2 Å². The Balaban J connectivity index is 2.34. The van der Waals surface area contributed by atoms with Gasteiger partial charge in [-0.25, -0.2) is 4.39 Å². The molecule has 0 spiro atoms. The summed E-state index contributed by atoms with van der Waals surface area (Å²) in [5, 5.41) is 0.260. The van der Waals surface area contributed by atoms with E-state index in [9.17, 15) is 4.39 Å². The van der Waals surface area contributed by atoms with E-state index in [1.165, 1.54) is 6.20 Å². The molecule has 4 heteroatoms. The van der Waals surface area contributed by atoms with Crippen molar-refractivity contribution in [2.75, 3.05) is 0 Å². The van der Waals surface area contributed by atoms with Crippen LogP contribution in [0.25, 0.3) is 0 Å². The van der Waals surface area contributed by atoms with Crippen LogP contribution in [-0.4, -0.2) is 4.98 Å². The number of ether oxygens (including phenoxy) is 1. The first kappa shape index (κ1) is 12.8. The molecule has 2 nitrogen and oxygen atoms in total. The van der Waals surface area contributed by atoms with Crippen molar-refractivity contribution in [1.82, 2.24) is 4.98 Å². The molecule has 1 aromatic heterocycles. The van der Waals surface area contributed by atoms with Gasteiger partial charge in [0.1, 0.15) is 5.75 Å². The molecular formula is C14H13ClFNO. The number of rotatable bonds is 4. The van der Waals surface area contributed by atoms with Crippen LogP contribution in [0.3, 0.4) is 0 Å². The minimum atomic E-state index is -0.395. The molecule has 18 heavy (non-hydrogen) atoms. The molecule has 1 heterocycles. The molecule has 1 aromatic carbocycles. The van der Waals surface area contributed by atoms with Gasteiger partial charge < -0.3 is 4.74 Å². The minimum absolute atomic E-state index is 0.0654. The number of pyridine rings is 1. The number of benzene rings is 1. The number of halogens is 2. The Morgan fingerprint density at radius 3 is 2.83 bits per heavy atom. The number of hydrogen-bond donors (Lipinski definition) is 0. The van der Waals surface area contributed by atoms with Crippen molar-refractivity contribution in [3.63, 3.8) is 0 Å². The third-order valence-electron chi connectivity index (χ3n) is 2.50. The summed E-state index contributed by atoms with van der Waals surface area (Å²) in [6.07, 6.45) is 4.66. The van der Waals surface area contributed by atoms with E-state index in [0.717, 1.165) is 6.42 Å². The largest absolute Gasteiger partial charge is 0.451 e. The lowest BCUT2D eigenvalue weighted by atomic mass is 10.1. The van der Waals surface area contributed by atoms with E-state index >= 15 is 0 Å². The molecule has 0 radical (unpaired) electrons. The van der Waals surface area contributed by atoms with Gasteiger partial charge >= 0.3 is 0 Å². The van der Waals surface area contributed by atoms with Crippen LogP contribution in [0.4, 0.5) is 4.39 Å². The molecule has 94 valence electrons. The van der Waals surface area contributed by atoms with Gasteiger partial charge in [0.05, 0.1) is 11.2 Å². The topological polar surface area (TPSA) is 22.1 Å². The smallest absolute Gasteiger partial charge is 0.181 e. The Kier molecular flexibility index (Phi) is 4.15. The average Bonchev–Trinajstić information content (AvgIpc) is 2.39. The van der Waals surface area contributed by atoms with Gasteiger partial charge in [0.15, 0.2) is 11.6 Å². The zero-order chi connectivity index (χ0) is 13.0. The van der Waals surface area contributed by atoms with Gasteiger partial charge in [-0.3, -0.25) is 4.98 Å². The molecule has 0 bridgehead atoms. The summed E-state index contributed by atoms with van der Waals surface area (Å²) in [5.41, 5.74) is 0.612. The first-order valence-corrected chi connectivity index (χ1v) is 6.15. The molecule has 0 saturated carbocycles. The van der Waals surface area contributed by atoms with Crippen LogP contribution in [-0.2, 0) is 6.42 Å². The van der Waals surface area contributed by atoms with Crippen molar-refractivity contribution < 1.29 is 9.13 Å². The first-order valence-electron chi connectivity index (χ1n) is 5.77. The lowest BCUT2D eigenvalue weighted by Crippen LogP contribution is -1.96. The molecule has 0 fully saturated rings. The van der Waals surface area contributed by atoms with Crippen LogP contribution >= 0.6 is 11.6 Å². The van der Waals surface area contributed by atoms with Gasteiger partial charge in [0.25, 0.3) is 0 Å². The molecule has 0 amide bonds. The summed E-state index contributed by atoms with van der Waals surface area (Å²) in [5.74, 6) is 0.135. The fourth-order valence-corrected chi connectivity index (χ4v) is 1.84. The maximum atomic E-state index is 14.2. The van der Waals surface area contributed by atoms with E-state index in [1.807, 2.05) is 6.92 Å². The zero-order valence-electron chi connectivity index (χ0n) is 9.99. The SMILES string of the molecule is CCCc1ccc(Cl)c(Oc2cccnc2)c1F. The average molecular weight is 266 g/mol. The summed E-state index contributed by atoms with van der Waals surface area (Å²) >= 11 is 5.97.